The van der Waals surface area contributed by atoms with E-state index in [4.69, 9.17) is 18.9 Å². The van der Waals surface area contributed by atoms with Gasteiger partial charge < -0.3 is 23.8 Å². The molecule has 6 heteroatoms. The lowest BCUT2D eigenvalue weighted by Crippen LogP contribution is -2.30. The molecule has 0 aliphatic carbocycles. The molecule has 3 aromatic carbocycles. The van der Waals surface area contributed by atoms with Gasteiger partial charge in [0.2, 0.25) is 0 Å². The number of ketones is 1. The van der Waals surface area contributed by atoms with Crippen LogP contribution in [0.1, 0.15) is 52.6 Å². The third-order valence-corrected chi connectivity index (χ3v) is 7.02. The van der Waals surface area contributed by atoms with E-state index in [1.165, 1.54) is 11.1 Å². The summed E-state index contributed by atoms with van der Waals surface area (Å²) in [6.45, 7) is 10.8. The average molecular weight is 530 g/mol. The van der Waals surface area contributed by atoms with Gasteiger partial charge in [-0.2, -0.15) is 0 Å². The molecule has 4 rings (SSSR count). The van der Waals surface area contributed by atoms with Crippen LogP contribution in [0, 0.1) is 0 Å². The lowest BCUT2D eigenvalue weighted by molar-refractivity contribution is -0.117. The van der Waals surface area contributed by atoms with Crippen molar-refractivity contribution in [3.05, 3.63) is 65.3 Å². The minimum Gasteiger partial charge on any atom is -0.493 e. The molecule has 1 aliphatic heterocycles. The third kappa shape index (κ3) is 5.75. The largest absolute Gasteiger partial charge is 0.493 e. The van der Waals surface area contributed by atoms with Gasteiger partial charge in [0.1, 0.15) is 19.0 Å². The molecule has 1 atom stereocenters. The first-order valence-corrected chi connectivity index (χ1v) is 13.3. The predicted molar refractivity (Wildman–Crippen MR) is 159 cm³/mol. The number of hydrogen-bond acceptors (Lipinski definition) is 6. The number of benzene rings is 3. The SMILES string of the molecule is COc1ccc2c(c1OC)[C@H](CC(C)=O)N(C)c1c-2ccc2cc(OCC=C(C)C)c(OCC=C(C)C)cc12. The van der Waals surface area contributed by atoms with E-state index in [2.05, 4.69) is 69.0 Å². The van der Waals surface area contributed by atoms with Crippen molar-refractivity contribution >= 4 is 22.2 Å². The van der Waals surface area contributed by atoms with Crippen molar-refractivity contribution in [2.75, 3.05) is 39.4 Å². The number of hydrogen-bond donors (Lipinski definition) is 0. The minimum atomic E-state index is -0.218. The molecule has 0 spiro atoms. The Hall–Kier alpha value is -3.93. The van der Waals surface area contributed by atoms with Crippen LogP contribution in [0.2, 0.25) is 0 Å². The second kappa shape index (κ2) is 11.9. The van der Waals surface area contributed by atoms with Crippen LogP contribution in [-0.2, 0) is 4.79 Å². The summed E-state index contributed by atoms with van der Waals surface area (Å²) in [5.74, 6) is 2.80. The fraction of sp³-hybridized carbons (Fsp3) is 0.364. The standard InChI is InChI=1S/C33H39NO5/c1-20(2)13-15-38-29-18-23-9-10-25-24-11-12-28(36-7)33(37-8)31(24)27(17-22(5)35)34(6)32(25)26(23)19-30(29)39-16-14-21(3)4/h9-14,18-19,27H,15-17H2,1-8H3/t27-/m0/s1. The van der Waals surface area contributed by atoms with Crippen LogP contribution in [0.5, 0.6) is 23.0 Å². The summed E-state index contributed by atoms with van der Waals surface area (Å²) in [6, 6.07) is 12.1. The maximum atomic E-state index is 12.5. The Kier molecular flexibility index (Phi) is 8.54. The van der Waals surface area contributed by atoms with E-state index < -0.39 is 0 Å². The minimum absolute atomic E-state index is 0.104. The second-order valence-electron chi connectivity index (χ2n) is 10.5. The van der Waals surface area contributed by atoms with Gasteiger partial charge >= 0.3 is 0 Å². The average Bonchev–Trinajstić information content (AvgIpc) is 2.89. The quantitative estimate of drug-likeness (QED) is 0.251. The molecule has 0 unspecified atom stereocenters. The highest BCUT2D eigenvalue weighted by Crippen LogP contribution is 2.54. The molecule has 0 fully saturated rings. The number of fused-ring (bicyclic) bond motifs is 5. The van der Waals surface area contributed by atoms with Crippen molar-refractivity contribution in [1.29, 1.82) is 0 Å². The summed E-state index contributed by atoms with van der Waals surface area (Å²) in [4.78, 5) is 14.7. The van der Waals surface area contributed by atoms with E-state index in [1.807, 2.05) is 19.2 Å². The molecule has 206 valence electrons. The molecule has 0 aromatic heterocycles. The predicted octanol–water partition coefficient (Wildman–Crippen LogP) is 7.68. The van der Waals surface area contributed by atoms with E-state index in [0.29, 0.717) is 42.6 Å². The van der Waals surface area contributed by atoms with Crippen LogP contribution in [0.15, 0.2) is 59.7 Å². The number of nitrogens with zero attached hydrogens (tertiary/aromatic N) is 1. The van der Waals surface area contributed by atoms with Crippen LogP contribution >= 0.6 is 0 Å². The van der Waals surface area contributed by atoms with Crippen molar-refractivity contribution in [3.8, 4) is 34.1 Å². The Bertz CT molecular complexity index is 1440. The summed E-state index contributed by atoms with van der Waals surface area (Å²) in [6.07, 6.45) is 4.45. The molecule has 0 bridgehead atoms. The highest BCUT2D eigenvalue weighted by atomic mass is 16.5. The van der Waals surface area contributed by atoms with Gasteiger partial charge in [0.05, 0.1) is 25.9 Å². The topological polar surface area (TPSA) is 57.2 Å². The van der Waals surface area contributed by atoms with Crippen LogP contribution in [0.25, 0.3) is 21.9 Å². The van der Waals surface area contributed by atoms with Gasteiger partial charge in [-0.3, -0.25) is 4.79 Å². The van der Waals surface area contributed by atoms with E-state index in [1.54, 1.807) is 21.1 Å². The van der Waals surface area contributed by atoms with E-state index in [-0.39, 0.29) is 11.8 Å². The van der Waals surface area contributed by atoms with Crippen molar-refractivity contribution in [2.24, 2.45) is 0 Å². The van der Waals surface area contributed by atoms with Gasteiger partial charge in [-0.1, -0.05) is 23.3 Å². The molecule has 1 aliphatic rings. The molecule has 6 nitrogen and oxygen atoms in total. The molecule has 3 aromatic rings. The first kappa shape index (κ1) is 28.1. The van der Waals surface area contributed by atoms with E-state index in [9.17, 15) is 4.79 Å². The number of rotatable bonds is 10. The Morgan fingerprint density at radius 2 is 1.44 bits per heavy atom. The summed E-state index contributed by atoms with van der Waals surface area (Å²) in [5.41, 5.74) is 6.48. The number of carbonyl (C=O) groups is 1. The van der Waals surface area contributed by atoms with Crippen molar-refractivity contribution < 1.29 is 23.7 Å². The van der Waals surface area contributed by atoms with Gasteiger partial charge in [0.15, 0.2) is 23.0 Å². The first-order chi connectivity index (χ1) is 18.7. The monoisotopic (exact) mass is 529 g/mol. The molecule has 0 radical (unpaired) electrons. The summed E-state index contributed by atoms with van der Waals surface area (Å²) < 4.78 is 23.8. The fourth-order valence-corrected chi connectivity index (χ4v) is 5.11. The van der Waals surface area contributed by atoms with Crippen molar-refractivity contribution in [1.82, 2.24) is 0 Å². The first-order valence-electron chi connectivity index (χ1n) is 13.3. The van der Waals surface area contributed by atoms with E-state index in [0.717, 1.165) is 33.2 Å². The Balaban J connectivity index is 1.95. The molecule has 0 saturated carbocycles. The van der Waals surface area contributed by atoms with Crippen LogP contribution < -0.4 is 23.8 Å². The number of anilines is 1. The van der Waals surface area contributed by atoms with Crippen LogP contribution in [0.4, 0.5) is 5.69 Å². The van der Waals surface area contributed by atoms with E-state index >= 15 is 0 Å². The highest BCUT2D eigenvalue weighted by Gasteiger charge is 2.35. The molecular weight excluding hydrogens is 490 g/mol. The number of ether oxygens (including phenoxy) is 4. The smallest absolute Gasteiger partial charge is 0.166 e. The second-order valence-corrected chi connectivity index (χ2v) is 10.5. The maximum absolute atomic E-state index is 12.5. The Labute approximate surface area is 231 Å². The van der Waals surface area contributed by atoms with Crippen molar-refractivity contribution in [3.63, 3.8) is 0 Å². The highest BCUT2D eigenvalue weighted by molar-refractivity contribution is 6.06. The molecule has 0 amide bonds. The maximum Gasteiger partial charge on any atom is 0.166 e. The van der Waals surface area contributed by atoms with Gasteiger partial charge in [-0.25, -0.2) is 0 Å². The summed E-state index contributed by atoms with van der Waals surface area (Å²) in [5, 5.41) is 2.07. The van der Waals surface area contributed by atoms with Gasteiger partial charge in [0, 0.05) is 30.0 Å². The zero-order valence-corrected chi connectivity index (χ0v) is 24.3. The Morgan fingerprint density at radius 1 is 0.821 bits per heavy atom. The zero-order valence-electron chi connectivity index (χ0n) is 24.3. The zero-order chi connectivity index (χ0) is 28.3. The third-order valence-electron chi connectivity index (χ3n) is 7.02. The van der Waals surface area contributed by atoms with Crippen LogP contribution in [0.3, 0.4) is 0 Å². The van der Waals surface area contributed by atoms with Gasteiger partial charge in [-0.15, -0.1) is 0 Å². The number of methoxy groups -OCH3 is 2. The number of Topliss-reactive ketones (excluding diaryl/α,β-unsaturated/α-hetero) is 1. The molecule has 0 N–H and O–H groups in total. The van der Waals surface area contributed by atoms with Gasteiger partial charge in [0.25, 0.3) is 0 Å². The number of allylic oxidation sites excluding steroid dienone is 2. The van der Waals surface area contributed by atoms with Crippen LogP contribution in [-0.4, -0.2) is 40.3 Å². The van der Waals surface area contributed by atoms with Gasteiger partial charge in [-0.05, 0) is 82.0 Å². The fourth-order valence-electron chi connectivity index (χ4n) is 5.11. The molecule has 39 heavy (non-hydrogen) atoms. The normalized spacial score (nSPS) is 13.7. The number of carbonyl (C=O) groups excluding carboxylic acids is 1. The lowest BCUT2D eigenvalue weighted by atomic mass is 9.84. The molecule has 0 saturated heterocycles. The molecule has 1 heterocycles. The molecular formula is C33H39NO5. The summed E-state index contributed by atoms with van der Waals surface area (Å²) >= 11 is 0. The lowest BCUT2D eigenvalue weighted by Gasteiger charge is -2.39. The Morgan fingerprint density at radius 3 is 2.00 bits per heavy atom. The summed E-state index contributed by atoms with van der Waals surface area (Å²) in [7, 11) is 5.31. The van der Waals surface area contributed by atoms with Crippen molar-refractivity contribution in [2.45, 2.75) is 47.1 Å².